The number of carbonyl (C=O) groups excluding carboxylic acids is 1. The largest absolute Gasteiger partial charge is 0.371 e. The quantitative estimate of drug-likeness (QED) is 0.862. The van der Waals surface area contributed by atoms with Gasteiger partial charge in [-0.05, 0) is 43.7 Å². The molecule has 3 nitrogen and oxygen atoms in total. The van der Waals surface area contributed by atoms with Gasteiger partial charge < -0.3 is 10.2 Å². The minimum absolute atomic E-state index is 0.196. The second-order valence-corrected chi connectivity index (χ2v) is 6.16. The van der Waals surface area contributed by atoms with Gasteiger partial charge in [0.1, 0.15) is 0 Å². The molecule has 2 atom stereocenters. The molecule has 1 aliphatic carbocycles. The van der Waals surface area contributed by atoms with Gasteiger partial charge in [0.2, 0.25) is 5.91 Å². The number of allylic oxidation sites excluding steroid dienone is 2. The summed E-state index contributed by atoms with van der Waals surface area (Å²) >= 11 is 0. The zero-order valence-corrected chi connectivity index (χ0v) is 12.5. The molecule has 0 unspecified atom stereocenters. The van der Waals surface area contributed by atoms with Crippen LogP contribution in [0.25, 0.3) is 0 Å². The summed E-state index contributed by atoms with van der Waals surface area (Å²) in [5, 5.41) is 3.17. The normalized spacial score (nSPS) is 25.0. The smallest absolute Gasteiger partial charge is 0.223 e. The molecule has 1 N–H and O–H groups in total. The fourth-order valence-electron chi connectivity index (χ4n) is 3.29. The molecule has 0 radical (unpaired) electrons. The molecule has 1 aliphatic heterocycles. The molecule has 0 spiro atoms. The molecular weight excluding hydrogens is 260 g/mol. The predicted molar refractivity (Wildman–Crippen MR) is 86.3 cm³/mol. The van der Waals surface area contributed by atoms with Crippen molar-refractivity contribution in [1.82, 2.24) is 5.32 Å². The van der Waals surface area contributed by atoms with Crippen LogP contribution in [0.5, 0.6) is 0 Å². The standard InChI is InChI=1S/C18H24N2O/c21-18(16-7-3-1-4-8-16)19-13-15-11-12-20(14-15)17-9-5-2-6-10-17/h1-3,5-6,9-10,15-16H,4,7-8,11-14H2,(H,19,21)/t15-,16-/m0/s1. The van der Waals surface area contributed by atoms with E-state index >= 15 is 0 Å². The molecule has 1 heterocycles. The first-order valence-corrected chi connectivity index (χ1v) is 8.05. The number of nitrogens with one attached hydrogen (secondary N) is 1. The lowest BCUT2D eigenvalue weighted by atomic mass is 9.93. The van der Waals surface area contributed by atoms with Gasteiger partial charge in [0.25, 0.3) is 0 Å². The minimum Gasteiger partial charge on any atom is -0.371 e. The van der Waals surface area contributed by atoms with Crippen molar-refractivity contribution in [1.29, 1.82) is 0 Å². The second kappa shape index (κ2) is 6.79. The number of hydrogen-bond donors (Lipinski definition) is 1. The van der Waals surface area contributed by atoms with Crippen LogP contribution in [-0.2, 0) is 4.79 Å². The lowest BCUT2D eigenvalue weighted by Crippen LogP contribution is -2.35. The van der Waals surface area contributed by atoms with Gasteiger partial charge in [0, 0.05) is 31.2 Å². The zero-order chi connectivity index (χ0) is 14.5. The summed E-state index contributed by atoms with van der Waals surface area (Å²) in [6, 6.07) is 10.5. The molecule has 1 amide bonds. The summed E-state index contributed by atoms with van der Waals surface area (Å²) in [6.45, 7) is 2.97. The summed E-state index contributed by atoms with van der Waals surface area (Å²) in [7, 11) is 0. The Balaban J connectivity index is 1.45. The van der Waals surface area contributed by atoms with Crippen molar-refractivity contribution in [3.63, 3.8) is 0 Å². The maximum Gasteiger partial charge on any atom is 0.223 e. The highest BCUT2D eigenvalue weighted by molar-refractivity contribution is 5.79. The van der Waals surface area contributed by atoms with Crippen LogP contribution in [0, 0.1) is 11.8 Å². The van der Waals surface area contributed by atoms with Gasteiger partial charge in [0.05, 0.1) is 0 Å². The maximum atomic E-state index is 12.1. The third kappa shape index (κ3) is 3.66. The fraction of sp³-hybridized carbons (Fsp3) is 0.500. The van der Waals surface area contributed by atoms with E-state index < -0.39 is 0 Å². The van der Waals surface area contributed by atoms with E-state index in [1.807, 2.05) is 0 Å². The molecule has 1 fully saturated rings. The van der Waals surface area contributed by atoms with Crippen LogP contribution < -0.4 is 10.2 Å². The summed E-state index contributed by atoms with van der Waals surface area (Å²) in [5.74, 6) is 1.02. The molecule has 3 heteroatoms. The van der Waals surface area contributed by atoms with Crippen molar-refractivity contribution < 1.29 is 4.79 Å². The molecule has 112 valence electrons. The topological polar surface area (TPSA) is 32.3 Å². The predicted octanol–water partition coefficient (Wildman–Crippen LogP) is 2.99. The van der Waals surface area contributed by atoms with E-state index in [1.165, 1.54) is 12.1 Å². The minimum atomic E-state index is 0.196. The Bertz CT molecular complexity index is 497. The number of anilines is 1. The van der Waals surface area contributed by atoms with Gasteiger partial charge in [-0.15, -0.1) is 0 Å². The lowest BCUT2D eigenvalue weighted by molar-refractivity contribution is -0.125. The van der Waals surface area contributed by atoms with Gasteiger partial charge in [-0.3, -0.25) is 4.79 Å². The number of nitrogens with zero attached hydrogens (tertiary/aromatic N) is 1. The number of rotatable bonds is 4. The average Bonchev–Trinajstić information content (AvgIpc) is 3.03. The maximum absolute atomic E-state index is 12.1. The van der Waals surface area contributed by atoms with Crippen LogP contribution in [-0.4, -0.2) is 25.5 Å². The van der Waals surface area contributed by atoms with Crippen molar-refractivity contribution in [3.05, 3.63) is 42.5 Å². The Labute approximate surface area is 127 Å². The molecule has 0 aromatic heterocycles. The Hall–Kier alpha value is -1.77. The highest BCUT2D eigenvalue weighted by Crippen LogP contribution is 2.23. The number of hydrogen-bond acceptors (Lipinski definition) is 2. The Kier molecular flexibility index (Phi) is 4.59. The summed E-state index contributed by atoms with van der Waals surface area (Å²) < 4.78 is 0. The molecule has 0 bridgehead atoms. The third-order valence-corrected chi connectivity index (χ3v) is 4.61. The van der Waals surface area contributed by atoms with E-state index in [0.717, 1.165) is 38.9 Å². The van der Waals surface area contributed by atoms with Crippen molar-refractivity contribution in [2.24, 2.45) is 11.8 Å². The van der Waals surface area contributed by atoms with E-state index in [1.54, 1.807) is 0 Å². The Morgan fingerprint density at radius 3 is 2.81 bits per heavy atom. The van der Waals surface area contributed by atoms with Gasteiger partial charge in [0.15, 0.2) is 0 Å². The Morgan fingerprint density at radius 2 is 2.05 bits per heavy atom. The molecule has 3 rings (SSSR count). The highest BCUT2D eigenvalue weighted by atomic mass is 16.1. The number of benzene rings is 1. The fourth-order valence-corrected chi connectivity index (χ4v) is 3.29. The number of carbonyl (C=O) groups is 1. The van der Waals surface area contributed by atoms with Crippen LogP contribution in [0.3, 0.4) is 0 Å². The second-order valence-electron chi connectivity index (χ2n) is 6.16. The van der Waals surface area contributed by atoms with E-state index in [-0.39, 0.29) is 11.8 Å². The summed E-state index contributed by atoms with van der Waals surface area (Å²) in [5.41, 5.74) is 1.30. The SMILES string of the molecule is O=C(NC[C@@H]1CCN(c2ccccc2)C1)[C@H]1CC=CCC1. The van der Waals surface area contributed by atoms with Crippen molar-refractivity contribution in [2.75, 3.05) is 24.5 Å². The van der Waals surface area contributed by atoms with Crippen molar-refractivity contribution in [3.8, 4) is 0 Å². The van der Waals surface area contributed by atoms with Crippen molar-refractivity contribution >= 4 is 11.6 Å². The molecule has 1 aromatic carbocycles. The molecule has 2 aliphatic rings. The highest BCUT2D eigenvalue weighted by Gasteiger charge is 2.24. The number of para-hydroxylation sites is 1. The van der Waals surface area contributed by atoms with Gasteiger partial charge >= 0.3 is 0 Å². The van der Waals surface area contributed by atoms with Gasteiger partial charge in [-0.2, -0.15) is 0 Å². The van der Waals surface area contributed by atoms with Crippen molar-refractivity contribution in [2.45, 2.75) is 25.7 Å². The zero-order valence-electron chi connectivity index (χ0n) is 12.5. The molecule has 0 saturated carbocycles. The Morgan fingerprint density at radius 1 is 1.19 bits per heavy atom. The van der Waals surface area contributed by atoms with Gasteiger partial charge in [-0.1, -0.05) is 30.4 Å². The summed E-state index contributed by atoms with van der Waals surface area (Å²) in [6.07, 6.45) is 8.44. The molecular formula is C18H24N2O. The third-order valence-electron chi connectivity index (χ3n) is 4.61. The molecule has 1 aromatic rings. The number of amides is 1. The molecule has 21 heavy (non-hydrogen) atoms. The summed E-state index contributed by atoms with van der Waals surface area (Å²) in [4.78, 5) is 14.6. The monoisotopic (exact) mass is 284 g/mol. The average molecular weight is 284 g/mol. The van der Waals surface area contributed by atoms with Crippen LogP contribution in [0.1, 0.15) is 25.7 Å². The van der Waals surface area contributed by atoms with E-state index in [0.29, 0.717) is 5.92 Å². The lowest BCUT2D eigenvalue weighted by Gasteiger charge is -2.20. The first-order valence-electron chi connectivity index (χ1n) is 8.05. The van der Waals surface area contributed by atoms with E-state index in [9.17, 15) is 4.79 Å². The van der Waals surface area contributed by atoms with Crippen LogP contribution in [0.15, 0.2) is 42.5 Å². The first kappa shape index (κ1) is 14.2. The first-order chi connectivity index (χ1) is 10.3. The van der Waals surface area contributed by atoms with Crippen LogP contribution in [0.2, 0.25) is 0 Å². The van der Waals surface area contributed by atoms with E-state index in [2.05, 4.69) is 52.7 Å². The van der Waals surface area contributed by atoms with Gasteiger partial charge in [-0.25, -0.2) is 0 Å². The van der Waals surface area contributed by atoms with Crippen LogP contribution >= 0.6 is 0 Å². The van der Waals surface area contributed by atoms with E-state index in [4.69, 9.17) is 0 Å². The molecule has 1 saturated heterocycles. The van der Waals surface area contributed by atoms with Crippen LogP contribution in [0.4, 0.5) is 5.69 Å².